The van der Waals surface area contributed by atoms with Crippen LogP contribution >= 0.6 is 11.8 Å². The van der Waals surface area contributed by atoms with Gasteiger partial charge in [0.15, 0.2) is 5.78 Å². The minimum atomic E-state index is -0.446. The number of non-ortho nitro benzene ring substituents is 1. The van der Waals surface area contributed by atoms with Gasteiger partial charge < -0.3 is 4.98 Å². The number of nitro groups is 1. The fourth-order valence-corrected chi connectivity index (χ4v) is 2.18. The van der Waals surface area contributed by atoms with E-state index >= 15 is 0 Å². The van der Waals surface area contributed by atoms with Crippen LogP contribution in [0.25, 0.3) is 0 Å². The second-order valence-electron chi connectivity index (χ2n) is 3.55. The Labute approximate surface area is 107 Å². The van der Waals surface area contributed by atoms with Crippen LogP contribution < -0.4 is 0 Å². The van der Waals surface area contributed by atoms with Crippen molar-refractivity contribution >= 4 is 23.2 Å². The molecule has 0 aliphatic carbocycles. The maximum atomic E-state index is 11.7. The molecule has 0 saturated heterocycles. The van der Waals surface area contributed by atoms with Crippen molar-refractivity contribution in [2.45, 2.75) is 4.90 Å². The van der Waals surface area contributed by atoms with E-state index in [1.54, 1.807) is 30.5 Å². The highest BCUT2D eigenvalue weighted by Gasteiger charge is 2.08. The van der Waals surface area contributed by atoms with Crippen molar-refractivity contribution in [3.8, 4) is 0 Å². The first-order valence-electron chi connectivity index (χ1n) is 5.20. The Morgan fingerprint density at radius 1 is 1.28 bits per heavy atom. The SMILES string of the molecule is O=C(CSc1ccc([N+](=O)[O-])cc1)c1ccc[nH]1. The van der Waals surface area contributed by atoms with Crippen LogP contribution in [0.3, 0.4) is 0 Å². The van der Waals surface area contributed by atoms with Crippen LogP contribution in [0, 0.1) is 10.1 Å². The number of H-pyrrole nitrogens is 1. The van der Waals surface area contributed by atoms with Crippen LogP contribution in [-0.4, -0.2) is 21.4 Å². The highest BCUT2D eigenvalue weighted by atomic mass is 32.2. The molecule has 0 aliphatic heterocycles. The fraction of sp³-hybridized carbons (Fsp3) is 0.0833. The number of hydrogen-bond acceptors (Lipinski definition) is 4. The van der Waals surface area contributed by atoms with Gasteiger partial charge in [0.05, 0.1) is 16.4 Å². The molecule has 5 nitrogen and oxygen atoms in total. The third kappa shape index (κ3) is 2.98. The highest BCUT2D eigenvalue weighted by molar-refractivity contribution is 8.00. The number of carbonyl (C=O) groups is 1. The van der Waals surface area contributed by atoms with E-state index in [-0.39, 0.29) is 11.5 Å². The van der Waals surface area contributed by atoms with Crippen LogP contribution in [0.2, 0.25) is 0 Å². The summed E-state index contributed by atoms with van der Waals surface area (Å²) in [7, 11) is 0. The zero-order valence-corrected chi connectivity index (χ0v) is 10.1. The number of ketones is 1. The second-order valence-corrected chi connectivity index (χ2v) is 4.60. The van der Waals surface area contributed by atoms with Crippen molar-refractivity contribution in [2.24, 2.45) is 0 Å². The summed E-state index contributed by atoms with van der Waals surface area (Å²) in [5.74, 6) is 0.307. The molecule has 0 saturated carbocycles. The van der Waals surface area contributed by atoms with Gasteiger partial charge in [-0.3, -0.25) is 14.9 Å². The van der Waals surface area contributed by atoms with Gasteiger partial charge in [-0.2, -0.15) is 0 Å². The van der Waals surface area contributed by atoms with E-state index in [1.165, 1.54) is 23.9 Å². The van der Waals surface area contributed by atoms with Gasteiger partial charge in [0.1, 0.15) is 0 Å². The van der Waals surface area contributed by atoms with Gasteiger partial charge in [-0.25, -0.2) is 0 Å². The van der Waals surface area contributed by atoms with E-state index in [2.05, 4.69) is 4.98 Å². The molecule has 0 radical (unpaired) electrons. The molecule has 0 amide bonds. The Balaban J connectivity index is 1.94. The number of nitro benzene ring substituents is 1. The number of Topliss-reactive ketones (excluding diaryl/α,β-unsaturated/α-hetero) is 1. The molecule has 6 heteroatoms. The van der Waals surface area contributed by atoms with E-state index < -0.39 is 4.92 Å². The van der Waals surface area contributed by atoms with E-state index in [4.69, 9.17) is 0 Å². The molecule has 0 unspecified atom stereocenters. The third-order valence-corrected chi connectivity index (χ3v) is 3.33. The molecule has 1 aromatic carbocycles. The summed E-state index contributed by atoms with van der Waals surface area (Å²) in [6, 6.07) is 9.64. The maximum Gasteiger partial charge on any atom is 0.269 e. The van der Waals surface area contributed by atoms with Crippen molar-refractivity contribution in [1.82, 2.24) is 4.98 Å². The Morgan fingerprint density at radius 3 is 2.56 bits per heavy atom. The lowest BCUT2D eigenvalue weighted by Gasteiger charge is -2.00. The van der Waals surface area contributed by atoms with Gasteiger partial charge in [0.2, 0.25) is 0 Å². The van der Waals surface area contributed by atoms with Gasteiger partial charge in [-0.05, 0) is 24.3 Å². The number of aromatic nitrogens is 1. The lowest BCUT2D eigenvalue weighted by molar-refractivity contribution is -0.384. The molecule has 2 rings (SSSR count). The molecule has 1 N–H and O–H groups in total. The number of carbonyl (C=O) groups excluding carboxylic acids is 1. The molecule has 2 aromatic rings. The molecule has 92 valence electrons. The summed E-state index contributed by atoms with van der Waals surface area (Å²) in [4.78, 5) is 25.4. The van der Waals surface area contributed by atoms with Crippen molar-refractivity contribution in [3.63, 3.8) is 0 Å². The van der Waals surface area contributed by atoms with Gasteiger partial charge in [0.25, 0.3) is 5.69 Å². The minimum absolute atomic E-state index is 0.00310. The number of nitrogens with zero attached hydrogens (tertiary/aromatic N) is 1. The third-order valence-electron chi connectivity index (χ3n) is 2.32. The van der Waals surface area contributed by atoms with Gasteiger partial charge in [-0.1, -0.05) is 0 Å². The molecule has 0 spiro atoms. The van der Waals surface area contributed by atoms with Crippen molar-refractivity contribution in [3.05, 3.63) is 58.4 Å². The topological polar surface area (TPSA) is 76.0 Å². The van der Waals surface area contributed by atoms with Crippen LogP contribution in [0.15, 0.2) is 47.5 Å². The average molecular weight is 262 g/mol. The standard InChI is InChI=1S/C12H10N2O3S/c15-12(11-2-1-7-13-11)8-18-10-5-3-9(4-6-10)14(16)17/h1-7,13H,8H2. The lowest BCUT2D eigenvalue weighted by atomic mass is 10.3. The van der Waals surface area contributed by atoms with Crippen molar-refractivity contribution in [2.75, 3.05) is 5.75 Å². The van der Waals surface area contributed by atoms with Crippen molar-refractivity contribution < 1.29 is 9.72 Å². The molecular weight excluding hydrogens is 252 g/mol. The number of nitrogens with one attached hydrogen (secondary N) is 1. The van der Waals surface area contributed by atoms with Gasteiger partial charge in [0, 0.05) is 23.2 Å². The molecular formula is C12H10N2O3S. The van der Waals surface area contributed by atoms with E-state index in [1.807, 2.05) is 0 Å². The normalized spacial score (nSPS) is 10.2. The number of thioether (sulfide) groups is 1. The largest absolute Gasteiger partial charge is 0.359 e. The lowest BCUT2D eigenvalue weighted by Crippen LogP contribution is -2.02. The van der Waals surface area contributed by atoms with E-state index in [0.29, 0.717) is 11.4 Å². The smallest absolute Gasteiger partial charge is 0.269 e. The van der Waals surface area contributed by atoms with E-state index in [0.717, 1.165) is 4.90 Å². The summed E-state index contributed by atoms with van der Waals surface area (Å²) in [5.41, 5.74) is 0.624. The number of hydrogen-bond donors (Lipinski definition) is 1. The van der Waals surface area contributed by atoms with Crippen LogP contribution in [-0.2, 0) is 0 Å². The average Bonchev–Trinajstić information content (AvgIpc) is 2.90. The molecule has 0 atom stereocenters. The quantitative estimate of drug-likeness (QED) is 0.389. The molecule has 0 bridgehead atoms. The molecule has 18 heavy (non-hydrogen) atoms. The summed E-state index contributed by atoms with van der Waals surface area (Å²) >= 11 is 1.36. The molecule has 0 aliphatic rings. The first-order valence-corrected chi connectivity index (χ1v) is 6.19. The summed E-state index contributed by atoms with van der Waals surface area (Å²) in [5, 5.41) is 10.5. The van der Waals surface area contributed by atoms with E-state index in [9.17, 15) is 14.9 Å². The van der Waals surface area contributed by atoms with Crippen LogP contribution in [0.1, 0.15) is 10.5 Å². The first kappa shape index (κ1) is 12.4. The molecule has 0 fully saturated rings. The maximum absolute atomic E-state index is 11.7. The summed E-state index contributed by atoms with van der Waals surface area (Å²) < 4.78 is 0. The predicted octanol–water partition coefficient (Wildman–Crippen LogP) is 2.90. The summed E-state index contributed by atoms with van der Waals surface area (Å²) in [6.45, 7) is 0. The number of aromatic amines is 1. The predicted molar refractivity (Wildman–Crippen MR) is 68.9 cm³/mol. The van der Waals surface area contributed by atoms with Gasteiger partial charge in [-0.15, -0.1) is 11.8 Å². The zero-order chi connectivity index (χ0) is 13.0. The van der Waals surface area contributed by atoms with Crippen LogP contribution in [0.4, 0.5) is 5.69 Å². The van der Waals surface area contributed by atoms with Crippen LogP contribution in [0.5, 0.6) is 0 Å². The minimum Gasteiger partial charge on any atom is -0.359 e. The number of benzene rings is 1. The molecule has 1 aromatic heterocycles. The van der Waals surface area contributed by atoms with Gasteiger partial charge >= 0.3 is 0 Å². The Kier molecular flexibility index (Phi) is 3.78. The molecule has 1 heterocycles. The first-order chi connectivity index (χ1) is 8.66. The highest BCUT2D eigenvalue weighted by Crippen LogP contribution is 2.22. The Morgan fingerprint density at radius 2 is 2.00 bits per heavy atom. The number of rotatable bonds is 5. The Bertz CT molecular complexity index is 549. The summed E-state index contributed by atoms with van der Waals surface area (Å²) in [6.07, 6.45) is 1.70. The monoisotopic (exact) mass is 262 g/mol. The van der Waals surface area contributed by atoms with Crippen molar-refractivity contribution in [1.29, 1.82) is 0 Å². The second kappa shape index (κ2) is 5.50. The Hall–Kier alpha value is -2.08. The fourth-order valence-electron chi connectivity index (χ4n) is 1.39. The zero-order valence-electron chi connectivity index (χ0n) is 9.33.